The fraction of sp³-hybridized carbons (Fsp3) is 0.353. The lowest BCUT2D eigenvalue weighted by Crippen LogP contribution is -2.37. The number of carbonyl (C=O) groups excluding carboxylic acids is 1. The van der Waals surface area contributed by atoms with Crippen molar-refractivity contribution in [3.63, 3.8) is 0 Å². The van der Waals surface area contributed by atoms with Gasteiger partial charge in [-0.2, -0.15) is 13.2 Å². The SMILES string of the molecule is CC1C(C(=O)O)CCN1C(=O)c1csc(-c2cccc(C(F)(F)F)c2)n1. The van der Waals surface area contributed by atoms with Crippen LogP contribution in [0.2, 0.25) is 0 Å². The smallest absolute Gasteiger partial charge is 0.416 e. The van der Waals surface area contributed by atoms with Gasteiger partial charge < -0.3 is 10.0 Å². The highest BCUT2D eigenvalue weighted by atomic mass is 32.1. The number of likely N-dealkylation sites (tertiary alicyclic amines) is 1. The first kappa shape index (κ1) is 18.4. The van der Waals surface area contributed by atoms with E-state index in [1.807, 2.05) is 0 Å². The van der Waals surface area contributed by atoms with Gasteiger partial charge in [0, 0.05) is 23.5 Å². The van der Waals surface area contributed by atoms with Crippen molar-refractivity contribution in [2.75, 3.05) is 6.54 Å². The molecule has 3 rings (SSSR count). The monoisotopic (exact) mass is 384 g/mol. The Morgan fingerprint density at radius 1 is 1.35 bits per heavy atom. The summed E-state index contributed by atoms with van der Waals surface area (Å²) in [6, 6.07) is 4.30. The molecule has 9 heteroatoms. The third-order valence-electron chi connectivity index (χ3n) is 4.49. The summed E-state index contributed by atoms with van der Waals surface area (Å²) in [4.78, 5) is 29.4. The number of amides is 1. The van der Waals surface area contributed by atoms with Crippen molar-refractivity contribution < 1.29 is 27.9 Å². The van der Waals surface area contributed by atoms with Crippen LogP contribution in [0.1, 0.15) is 29.4 Å². The van der Waals surface area contributed by atoms with Crippen LogP contribution in [0, 0.1) is 5.92 Å². The summed E-state index contributed by atoms with van der Waals surface area (Å²) >= 11 is 1.08. The summed E-state index contributed by atoms with van der Waals surface area (Å²) < 4.78 is 38.5. The molecule has 2 atom stereocenters. The van der Waals surface area contributed by atoms with Gasteiger partial charge in [0.05, 0.1) is 11.5 Å². The van der Waals surface area contributed by atoms with Crippen molar-refractivity contribution in [2.24, 2.45) is 5.92 Å². The van der Waals surface area contributed by atoms with Crippen molar-refractivity contribution >= 4 is 23.2 Å². The molecule has 2 heterocycles. The highest BCUT2D eigenvalue weighted by Crippen LogP contribution is 2.33. The number of thiazole rings is 1. The van der Waals surface area contributed by atoms with Gasteiger partial charge in [-0.15, -0.1) is 11.3 Å². The molecule has 1 fully saturated rings. The Morgan fingerprint density at radius 3 is 2.69 bits per heavy atom. The van der Waals surface area contributed by atoms with E-state index >= 15 is 0 Å². The molecule has 2 unspecified atom stereocenters. The number of halogens is 3. The Labute approximate surface area is 151 Å². The van der Waals surface area contributed by atoms with E-state index in [4.69, 9.17) is 5.11 Å². The molecule has 138 valence electrons. The van der Waals surface area contributed by atoms with Crippen LogP contribution in [0.25, 0.3) is 10.6 Å². The topological polar surface area (TPSA) is 70.5 Å². The number of carboxylic acids is 1. The molecule has 1 saturated heterocycles. The molecule has 1 aliphatic heterocycles. The molecule has 0 aliphatic carbocycles. The van der Waals surface area contributed by atoms with Gasteiger partial charge in [-0.1, -0.05) is 12.1 Å². The zero-order chi connectivity index (χ0) is 19.1. The minimum Gasteiger partial charge on any atom is -0.481 e. The third-order valence-corrected chi connectivity index (χ3v) is 5.38. The molecule has 0 bridgehead atoms. The molecule has 26 heavy (non-hydrogen) atoms. The maximum absolute atomic E-state index is 12.8. The number of carbonyl (C=O) groups is 2. The standard InChI is InChI=1S/C17H15F3N2O3S/c1-9-12(16(24)25)5-6-22(9)15(23)13-8-26-14(21-13)10-3-2-4-11(7-10)17(18,19)20/h2-4,7-9,12H,5-6H2,1H3,(H,24,25). The van der Waals surface area contributed by atoms with E-state index < -0.39 is 35.6 Å². The lowest BCUT2D eigenvalue weighted by molar-refractivity contribution is -0.142. The minimum absolute atomic E-state index is 0.111. The fourth-order valence-electron chi connectivity index (χ4n) is 3.04. The summed E-state index contributed by atoms with van der Waals surface area (Å²) in [7, 11) is 0. The Morgan fingerprint density at radius 2 is 2.08 bits per heavy atom. The number of aliphatic carboxylic acids is 1. The van der Waals surface area contributed by atoms with Gasteiger partial charge in [0.2, 0.25) is 0 Å². The number of hydrogen-bond acceptors (Lipinski definition) is 4. The summed E-state index contributed by atoms with van der Waals surface area (Å²) in [6.45, 7) is 1.98. The molecule has 1 aromatic heterocycles. The molecule has 5 nitrogen and oxygen atoms in total. The number of alkyl halides is 3. The first-order chi connectivity index (χ1) is 12.2. The Bertz CT molecular complexity index is 850. The molecular formula is C17H15F3N2O3S. The van der Waals surface area contributed by atoms with Gasteiger partial charge in [0.25, 0.3) is 5.91 Å². The Hall–Kier alpha value is -2.42. The van der Waals surface area contributed by atoms with E-state index in [1.54, 1.807) is 6.92 Å². The van der Waals surface area contributed by atoms with Crippen molar-refractivity contribution in [1.82, 2.24) is 9.88 Å². The van der Waals surface area contributed by atoms with Crippen molar-refractivity contribution in [3.8, 4) is 10.6 Å². The summed E-state index contributed by atoms with van der Waals surface area (Å²) in [6.07, 6.45) is -4.09. The largest absolute Gasteiger partial charge is 0.481 e. The predicted molar refractivity (Wildman–Crippen MR) is 88.8 cm³/mol. The summed E-state index contributed by atoms with van der Waals surface area (Å²) in [5, 5.41) is 10.9. The van der Waals surface area contributed by atoms with Crippen LogP contribution in [0.4, 0.5) is 13.2 Å². The van der Waals surface area contributed by atoms with E-state index in [0.29, 0.717) is 18.0 Å². The second-order valence-electron chi connectivity index (χ2n) is 6.09. The average molecular weight is 384 g/mol. The summed E-state index contributed by atoms with van der Waals surface area (Å²) in [5.41, 5.74) is -0.391. The van der Waals surface area contributed by atoms with E-state index in [-0.39, 0.29) is 11.3 Å². The maximum Gasteiger partial charge on any atom is 0.416 e. The second-order valence-corrected chi connectivity index (χ2v) is 6.95. The van der Waals surface area contributed by atoms with Crippen molar-refractivity contribution in [3.05, 3.63) is 40.9 Å². The zero-order valence-corrected chi connectivity index (χ0v) is 14.5. The Balaban J connectivity index is 1.82. The molecule has 0 radical (unpaired) electrons. The molecular weight excluding hydrogens is 369 g/mol. The highest BCUT2D eigenvalue weighted by Gasteiger charge is 2.39. The maximum atomic E-state index is 12.8. The van der Waals surface area contributed by atoms with Gasteiger partial charge in [0.15, 0.2) is 0 Å². The van der Waals surface area contributed by atoms with Crippen LogP contribution in [-0.2, 0) is 11.0 Å². The van der Waals surface area contributed by atoms with E-state index in [9.17, 15) is 22.8 Å². The lowest BCUT2D eigenvalue weighted by atomic mass is 10.0. The highest BCUT2D eigenvalue weighted by molar-refractivity contribution is 7.13. The first-order valence-corrected chi connectivity index (χ1v) is 8.73. The quantitative estimate of drug-likeness (QED) is 0.875. The molecule has 1 aliphatic rings. The lowest BCUT2D eigenvalue weighted by Gasteiger charge is -2.22. The number of benzene rings is 1. The van der Waals surface area contributed by atoms with Crippen LogP contribution in [-0.4, -0.2) is 39.5 Å². The molecule has 0 spiro atoms. The van der Waals surface area contributed by atoms with E-state index in [2.05, 4.69) is 4.98 Å². The van der Waals surface area contributed by atoms with Gasteiger partial charge in [-0.25, -0.2) is 4.98 Å². The van der Waals surface area contributed by atoms with Crippen LogP contribution in [0.15, 0.2) is 29.6 Å². The van der Waals surface area contributed by atoms with Gasteiger partial charge in [-0.05, 0) is 25.5 Å². The molecule has 1 N–H and O–H groups in total. The molecule has 0 saturated carbocycles. The van der Waals surface area contributed by atoms with Crippen LogP contribution in [0.5, 0.6) is 0 Å². The van der Waals surface area contributed by atoms with Crippen LogP contribution < -0.4 is 0 Å². The van der Waals surface area contributed by atoms with Crippen molar-refractivity contribution in [2.45, 2.75) is 25.6 Å². The third kappa shape index (κ3) is 3.44. The van der Waals surface area contributed by atoms with Crippen LogP contribution in [0.3, 0.4) is 0 Å². The van der Waals surface area contributed by atoms with E-state index in [0.717, 1.165) is 23.5 Å². The number of nitrogens with zero attached hydrogens (tertiary/aromatic N) is 2. The van der Waals surface area contributed by atoms with Crippen molar-refractivity contribution in [1.29, 1.82) is 0 Å². The molecule has 2 aromatic rings. The molecule has 1 aromatic carbocycles. The number of carboxylic acid groups (broad SMARTS) is 1. The van der Waals surface area contributed by atoms with Gasteiger partial charge in [-0.3, -0.25) is 9.59 Å². The van der Waals surface area contributed by atoms with Gasteiger partial charge in [0.1, 0.15) is 10.7 Å². The number of aromatic nitrogens is 1. The average Bonchev–Trinajstić information content (AvgIpc) is 3.20. The minimum atomic E-state index is -4.46. The van der Waals surface area contributed by atoms with Crippen LogP contribution >= 0.6 is 11.3 Å². The number of rotatable bonds is 3. The van der Waals surface area contributed by atoms with E-state index in [1.165, 1.54) is 22.4 Å². The number of hydrogen-bond donors (Lipinski definition) is 1. The zero-order valence-electron chi connectivity index (χ0n) is 13.7. The second kappa shape index (κ2) is 6.71. The molecule has 1 amide bonds. The van der Waals surface area contributed by atoms with Gasteiger partial charge >= 0.3 is 12.1 Å². The first-order valence-electron chi connectivity index (χ1n) is 7.85. The normalized spacial score (nSPS) is 20.4. The Kier molecular flexibility index (Phi) is 4.74. The fourth-order valence-corrected chi connectivity index (χ4v) is 3.83. The summed E-state index contributed by atoms with van der Waals surface area (Å²) in [5.74, 6) is -1.98. The predicted octanol–water partition coefficient (Wildman–Crippen LogP) is 3.76.